The van der Waals surface area contributed by atoms with Gasteiger partial charge in [-0.15, -0.1) is 0 Å². The number of hydrogen-bond donors (Lipinski definition) is 2. The molecule has 0 radical (unpaired) electrons. The summed E-state index contributed by atoms with van der Waals surface area (Å²) < 4.78 is 31.0. The zero-order chi connectivity index (χ0) is 24.7. The molecule has 2 N–H and O–H groups in total. The first-order valence-corrected chi connectivity index (χ1v) is 12.7. The van der Waals surface area contributed by atoms with Crippen LogP contribution in [-0.2, 0) is 21.2 Å². The fourth-order valence-electron chi connectivity index (χ4n) is 3.37. The molecule has 0 aliphatic heterocycles. The Morgan fingerprint density at radius 2 is 1.62 bits per heavy atom. The molecule has 0 saturated heterocycles. The Bertz CT molecular complexity index is 1250. The molecule has 8 heteroatoms. The van der Waals surface area contributed by atoms with E-state index in [9.17, 15) is 18.0 Å². The zero-order valence-corrected chi connectivity index (χ0v) is 20.2. The van der Waals surface area contributed by atoms with Crippen molar-refractivity contribution in [1.29, 1.82) is 0 Å². The van der Waals surface area contributed by atoms with Gasteiger partial charge in [0.2, 0.25) is 21.9 Å². The third kappa shape index (κ3) is 7.18. The number of nitrogens with one attached hydrogen (secondary N) is 2. The molecule has 0 aliphatic carbocycles. The number of ketones is 1. The molecular formula is C26H28N2O5S. The number of ether oxygens (including phenoxy) is 1. The molecule has 3 rings (SSSR count). The predicted octanol–water partition coefficient (Wildman–Crippen LogP) is 3.72. The first kappa shape index (κ1) is 25.0. The predicted molar refractivity (Wildman–Crippen MR) is 133 cm³/mol. The second-order valence-corrected chi connectivity index (χ2v) is 9.77. The number of sulfonamides is 1. The topological polar surface area (TPSA) is 102 Å². The molecule has 3 aromatic carbocycles. The molecule has 0 bridgehead atoms. The van der Waals surface area contributed by atoms with Crippen molar-refractivity contribution < 1.29 is 22.7 Å². The number of aryl methyl sites for hydroxylation is 1. The number of carbonyl (C=O) groups is 2. The van der Waals surface area contributed by atoms with E-state index in [0.717, 1.165) is 17.4 Å². The van der Waals surface area contributed by atoms with E-state index in [1.165, 1.54) is 29.8 Å². The number of carbonyl (C=O) groups excluding carboxylic acids is 2. The van der Waals surface area contributed by atoms with Gasteiger partial charge in [0.15, 0.2) is 0 Å². The van der Waals surface area contributed by atoms with Crippen molar-refractivity contribution in [2.75, 3.05) is 17.5 Å². The molecule has 0 saturated carbocycles. The molecule has 0 aliphatic rings. The third-order valence-corrected chi connectivity index (χ3v) is 5.59. The van der Waals surface area contributed by atoms with Crippen molar-refractivity contribution in [2.24, 2.45) is 0 Å². The average Bonchev–Trinajstić information content (AvgIpc) is 2.78. The standard InChI is InChI=1S/C26H28N2O5S/c1-4-27-26(30)25(24(29)21-12-14-22(15-13-21)28-34(3,31)32)33-23-7-5-6-20(17-23)16-19-10-8-18(2)9-11-19/h5-15,17,25,28H,4,16H2,1-3H3,(H,27,30). The van der Waals surface area contributed by atoms with Gasteiger partial charge in [-0.2, -0.15) is 0 Å². The van der Waals surface area contributed by atoms with E-state index in [-0.39, 0.29) is 5.56 Å². The Morgan fingerprint density at radius 1 is 0.941 bits per heavy atom. The van der Waals surface area contributed by atoms with Crippen molar-refractivity contribution in [3.05, 3.63) is 95.1 Å². The lowest BCUT2D eigenvalue weighted by Crippen LogP contribution is -2.43. The zero-order valence-electron chi connectivity index (χ0n) is 19.4. The average molecular weight is 481 g/mol. The van der Waals surface area contributed by atoms with Gasteiger partial charge >= 0.3 is 0 Å². The maximum atomic E-state index is 13.1. The molecule has 7 nitrogen and oxygen atoms in total. The Morgan fingerprint density at radius 3 is 2.24 bits per heavy atom. The van der Waals surface area contributed by atoms with Crippen LogP contribution in [0.2, 0.25) is 0 Å². The van der Waals surface area contributed by atoms with Crippen LogP contribution in [0.1, 0.15) is 34.0 Å². The minimum absolute atomic E-state index is 0.228. The summed E-state index contributed by atoms with van der Waals surface area (Å²) in [5.41, 5.74) is 3.86. The van der Waals surface area contributed by atoms with Crippen LogP contribution in [0, 0.1) is 6.92 Å². The van der Waals surface area contributed by atoms with Crippen LogP contribution >= 0.6 is 0 Å². The quantitative estimate of drug-likeness (QED) is 0.340. The van der Waals surface area contributed by atoms with E-state index < -0.39 is 27.8 Å². The van der Waals surface area contributed by atoms with E-state index in [1.54, 1.807) is 13.0 Å². The molecular weight excluding hydrogens is 452 g/mol. The van der Waals surface area contributed by atoms with Gasteiger partial charge < -0.3 is 10.1 Å². The summed E-state index contributed by atoms with van der Waals surface area (Å²) in [6.45, 7) is 4.14. The Balaban J connectivity index is 1.80. The summed E-state index contributed by atoms with van der Waals surface area (Å²) in [6, 6.07) is 21.4. The fourth-order valence-corrected chi connectivity index (χ4v) is 3.93. The highest BCUT2D eigenvalue weighted by Crippen LogP contribution is 2.20. The van der Waals surface area contributed by atoms with Crippen LogP contribution < -0.4 is 14.8 Å². The van der Waals surface area contributed by atoms with Gasteiger partial charge in [0, 0.05) is 17.8 Å². The Hall–Kier alpha value is -3.65. The van der Waals surface area contributed by atoms with Crippen LogP contribution in [0.3, 0.4) is 0 Å². The van der Waals surface area contributed by atoms with E-state index in [0.29, 0.717) is 24.4 Å². The Labute approximate surface area is 200 Å². The minimum atomic E-state index is -3.44. The minimum Gasteiger partial charge on any atom is -0.472 e. The number of amides is 1. The molecule has 1 unspecified atom stereocenters. The van der Waals surface area contributed by atoms with E-state index >= 15 is 0 Å². The first-order valence-electron chi connectivity index (χ1n) is 10.9. The smallest absolute Gasteiger partial charge is 0.269 e. The molecule has 1 amide bonds. The van der Waals surface area contributed by atoms with E-state index in [4.69, 9.17) is 4.74 Å². The second kappa shape index (κ2) is 11.0. The monoisotopic (exact) mass is 480 g/mol. The number of anilines is 1. The SMILES string of the molecule is CCNC(=O)C(Oc1cccc(Cc2ccc(C)cc2)c1)C(=O)c1ccc(NS(C)(=O)=O)cc1. The summed E-state index contributed by atoms with van der Waals surface area (Å²) in [5.74, 6) is -0.667. The van der Waals surface area contributed by atoms with Gasteiger partial charge in [-0.25, -0.2) is 8.42 Å². The highest BCUT2D eigenvalue weighted by Gasteiger charge is 2.29. The molecule has 178 valence electrons. The summed E-state index contributed by atoms with van der Waals surface area (Å²) in [7, 11) is -3.44. The summed E-state index contributed by atoms with van der Waals surface area (Å²) in [4.78, 5) is 25.8. The highest BCUT2D eigenvalue weighted by molar-refractivity contribution is 7.92. The molecule has 0 heterocycles. The molecule has 0 spiro atoms. The summed E-state index contributed by atoms with van der Waals surface area (Å²) >= 11 is 0. The summed E-state index contributed by atoms with van der Waals surface area (Å²) in [5, 5.41) is 2.64. The fraction of sp³-hybridized carbons (Fsp3) is 0.231. The number of Topliss-reactive ketones (excluding diaryl/α,β-unsaturated/α-hetero) is 1. The van der Waals surface area contributed by atoms with Crippen molar-refractivity contribution in [3.8, 4) is 5.75 Å². The van der Waals surface area contributed by atoms with Crippen molar-refractivity contribution in [2.45, 2.75) is 26.4 Å². The molecule has 1 atom stereocenters. The molecule has 34 heavy (non-hydrogen) atoms. The number of rotatable bonds is 10. The van der Waals surface area contributed by atoms with E-state index in [2.05, 4.69) is 34.3 Å². The lowest BCUT2D eigenvalue weighted by molar-refractivity contribution is -0.125. The second-order valence-electron chi connectivity index (χ2n) is 8.02. The van der Waals surface area contributed by atoms with Crippen molar-refractivity contribution in [3.63, 3.8) is 0 Å². The van der Waals surface area contributed by atoms with Gasteiger partial charge in [-0.1, -0.05) is 42.0 Å². The number of hydrogen-bond acceptors (Lipinski definition) is 5. The molecule has 3 aromatic rings. The van der Waals surface area contributed by atoms with Gasteiger partial charge in [0.05, 0.1) is 6.26 Å². The lowest BCUT2D eigenvalue weighted by Gasteiger charge is -2.18. The van der Waals surface area contributed by atoms with Crippen LogP contribution in [0.15, 0.2) is 72.8 Å². The third-order valence-electron chi connectivity index (χ3n) is 4.98. The number of likely N-dealkylation sites (N-methyl/N-ethyl adjacent to an activating group) is 1. The van der Waals surface area contributed by atoms with Crippen LogP contribution in [0.5, 0.6) is 5.75 Å². The van der Waals surface area contributed by atoms with Gasteiger partial charge in [0.1, 0.15) is 5.75 Å². The largest absolute Gasteiger partial charge is 0.472 e. The first-order chi connectivity index (χ1) is 16.1. The van der Waals surface area contributed by atoms with Gasteiger partial charge in [-0.3, -0.25) is 14.3 Å². The summed E-state index contributed by atoms with van der Waals surface area (Å²) in [6.07, 6.45) is 0.340. The van der Waals surface area contributed by atoms with E-state index in [1.807, 2.05) is 25.1 Å². The normalized spacial score (nSPS) is 12.0. The highest BCUT2D eigenvalue weighted by atomic mass is 32.2. The van der Waals surface area contributed by atoms with Crippen LogP contribution in [0.25, 0.3) is 0 Å². The maximum absolute atomic E-state index is 13.1. The van der Waals surface area contributed by atoms with Gasteiger partial charge in [0.25, 0.3) is 5.91 Å². The molecule has 0 fully saturated rings. The lowest BCUT2D eigenvalue weighted by atomic mass is 10.0. The Kier molecular flexibility index (Phi) is 8.07. The maximum Gasteiger partial charge on any atom is 0.269 e. The molecule has 0 aromatic heterocycles. The number of benzene rings is 3. The van der Waals surface area contributed by atoms with Crippen LogP contribution in [-0.4, -0.2) is 39.0 Å². The van der Waals surface area contributed by atoms with Crippen molar-refractivity contribution in [1.82, 2.24) is 5.32 Å². The van der Waals surface area contributed by atoms with Gasteiger partial charge in [-0.05, 0) is 67.8 Å². The van der Waals surface area contributed by atoms with Crippen LogP contribution in [0.4, 0.5) is 5.69 Å². The van der Waals surface area contributed by atoms with Crippen molar-refractivity contribution >= 4 is 27.4 Å².